The van der Waals surface area contributed by atoms with Gasteiger partial charge in [0, 0.05) is 22.0 Å². The van der Waals surface area contributed by atoms with Crippen molar-refractivity contribution in [2.75, 3.05) is 6.61 Å². The first-order chi connectivity index (χ1) is 11.5. The molecule has 1 aliphatic carbocycles. The number of carbonyl (C=O) groups is 2. The van der Waals surface area contributed by atoms with Gasteiger partial charge in [0.1, 0.15) is 5.01 Å². The van der Waals surface area contributed by atoms with E-state index in [0.717, 1.165) is 18.4 Å². The molecule has 1 amide bonds. The molecule has 1 aliphatic rings. The molecule has 1 aromatic carbocycles. The number of rotatable bonds is 6. The van der Waals surface area contributed by atoms with Gasteiger partial charge in [0.05, 0.1) is 0 Å². The van der Waals surface area contributed by atoms with Gasteiger partial charge >= 0.3 is 5.97 Å². The maximum Gasteiger partial charge on any atom is 0.358 e. The van der Waals surface area contributed by atoms with Gasteiger partial charge in [-0.25, -0.2) is 9.78 Å². The van der Waals surface area contributed by atoms with E-state index in [9.17, 15) is 9.59 Å². The number of nitrogens with zero attached hydrogens (tertiary/aromatic N) is 1. The first-order valence-corrected chi connectivity index (χ1v) is 8.96. The molecule has 5 nitrogen and oxygen atoms in total. The predicted molar refractivity (Wildman–Crippen MR) is 93.2 cm³/mol. The number of nitrogens with one attached hydrogen (secondary N) is 1. The zero-order chi connectivity index (χ0) is 17.1. The van der Waals surface area contributed by atoms with Crippen LogP contribution in [0.2, 0.25) is 5.02 Å². The van der Waals surface area contributed by atoms with Crippen molar-refractivity contribution in [2.45, 2.75) is 25.8 Å². The lowest BCUT2D eigenvalue weighted by atomic mass is 10.2. The predicted octanol–water partition coefficient (Wildman–Crippen LogP) is 3.54. The summed E-state index contributed by atoms with van der Waals surface area (Å²) in [5.74, 6) is -0.328. The highest BCUT2D eigenvalue weighted by Gasteiger charge is 2.29. The highest BCUT2D eigenvalue weighted by molar-refractivity contribution is 7.13. The minimum atomic E-state index is -0.603. The monoisotopic (exact) mass is 364 g/mol. The van der Waals surface area contributed by atoms with Gasteiger partial charge in [0.2, 0.25) is 0 Å². The number of halogens is 1. The van der Waals surface area contributed by atoms with Gasteiger partial charge in [-0.05, 0) is 37.8 Å². The van der Waals surface area contributed by atoms with E-state index in [0.29, 0.717) is 15.9 Å². The van der Waals surface area contributed by atoms with Crippen LogP contribution in [0, 0.1) is 5.92 Å². The number of esters is 1. The average molecular weight is 365 g/mol. The Balaban J connectivity index is 1.54. The summed E-state index contributed by atoms with van der Waals surface area (Å²) in [5, 5.41) is 5.73. The largest absolute Gasteiger partial charge is 0.451 e. The van der Waals surface area contributed by atoms with Crippen LogP contribution in [0.3, 0.4) is 0 Å². The van der Waals surface area contributed by atoms with Crippen molar-refractivity contribution in [2.24, 2.45) is 5.92 Å². The molecule has 0 unspecified atom stereocenters. The van der Waals surface area contributed by atoms with Crippen LogP contribution in [0.4, 0.5) is 0 Å². The van der Waals surface area contributed by atoms with Gasteiger partial charge in [-0.3, -0.25) is 4.79 Å². The smallest absolute Gasteiger partial charge is 0.358 e. The highest BCUT2D eigenvalue weighted by atomic mass is 35.5. The quantitative estimate of drug-likeness (QED) is 0.796. The Hall–Kier alpha value is -1.92. The number of benzene rings is 1. The molecular formula is C17H17ClN2O3S. The van der Waals surface area contributed by atoms with E-state index in [4.69, 9.17) is 16.3 Å². The van der Waals surface area contributed by atoms with Gasteiger partial charge in [-0.2, -0.15) is 0 Å². The van der Waals surface area contributed by atoms with Crippen molar-refractivity contribution >= 4 is 34.8 Å². The number of hydrogen-bond acceptors (Lipinski definition) is 5. The summed E-state index contributed by atoms with van der Waals surface area (Å²) in [7, 11) is 0. The van der Waals surface area contributed by atoms with Crippen LogP contribution in [-0.4, -0.2) is 29.5 Å². The fourth-order valence-corrected chi connectivity index (χ4v) is 3.31. The van der Waals surface area contributed by atoms with Crippen LogP contribution in [0.1, 0.15) is 30.3 Å². The summed E-state index contributed by atoms with van der Waals surface area (Å²) in [6.45, 7) is 1.68. The number of ether oxygens (including phenoxy) is 1. The molecule has 0 bridgehead atoms. The van der Waals surface area contributed by atoms with E-state index in [1.54, 1.807) is 17.5 Å². The van der Waals surface area contributed by atoms with Crippen LogP contribution in [-0.2, 0) is 9.53 Å². The second-order valence-electron chi connectivity index (χ2n) is 5.82. The highest BCUT2D eigenvalue weighted by Crippen LogP contribution is 2.32. The summed E-state index contributed by atoms with van der Waals surface area (Å²) < 4.78 is 5.03. The molecule has 0 radical (unpaired) electrons. The summed E-state index contributed by atoms with van der Waals surface area (Å²) >= 11 is 7.28. The summed E-state index contributed by atoms with van der Waals surface area (Å²) in [5.41, 5.74) is 1.03. The lowest BCUT2D eigenvalue weighted by Gasteiger charge is -2.12. The Morgan fingerprint density at radius 3 is 2.96 bits per heavy atom. The van der Waals surface area contributed by atoms with E-state index in [2.05, 4.69) is 10.3 Å². The molecule has 1 atom stereocenters. The number of amides is 1. The Morgan fingerprint density at radius 2 is 2.25 bits per heavy atom. The van der Waals surface area contributed by atoms with Gasteiger partial charge in [0.15, 0.2) is 12.3 Å². The summed E-state index contributed by atoms with van der Waals surface area (Å²) in [6, 6.07) is 7.37. The van der Waals surface area contributed by atoms with Crippen molar-refractivity contribution < 1.29 is 14.3 Å². The molecule has 1 N–H and O–H groups in total. The minimum absolute atomic E-state index is 0.130. The van der Waals surface area contributed by atoms with Crippen molar-refractivity contribution in [1.82, 2.24) is 10.3 Å². The van der Waals surface area contributed by atoms with Crippen molar-refractivity contribution in [3.05, 3.63) is 40.4 Å². The van der Waals surface area contributed by atoms with Crippen LogP contribution in [0.15, 0.2) is 29.6 Å². The number of aromatic nitrogens is 1. The van der Waals surface area contributed by atoms with Crippen molar-refractivity contribution in [3.8, 4) is 10.6 Å². The Morgan fingerprint density at radius 1 is 1.46 bits per heavy atom. The molecule has 0 saturated heterocycles. The molecule has 0 spiro atoms. The van der Waals surface area contributed by atoms with Gasteiger partial charge in [-0.15, -0.1) is 11.3 Å². The number of hydrogen-bond donors (Lipinski definition) is 1. The lowest BCUT2D eigenvalue weighted by Crippen LogP contribution is -2.37. The van der Waals surface area contributed by atoms with E-state index in [1.807, 2.05) is 19.1 Å². The minimum Gasteiger partial charge on any atom is -0.451 e. The maximum absolute atomic E-state index is 12.0. The Bertz CT molecular complexity index is 758. The fraction of sp³-hybridized carbons (Fsp3) is 0.353. The van der Waals surface area contributed by atoms with Gasteiger partial charge in [-0.1, -0.05) is 23.7 Å². The number of thiazole rings is 1. The molecule has 3 rings (SSSR count). The normalized spacial score (nSPS) is 14.9. The maximum atomic E-state index is 12.0. The second-order valence-corrected chi connectivity index (χ2v) is 7.11. The molecule has 1 heterocycles. The van der Waals surface area contributed by atoms with E-state index in [-0.39, 0.29) is 24.2 Å². The Labute approximate surface area is 149 Å². The van der Waals surface area contributed by atoms with Crippen LogP contribution < -0.4 is 5.32 Å². The van der Waals surface area contributed by atoms with Crippen LogP contribution >= 0.6 is 22.9 Å². The molecular weight excluding hydrogens is 348 g/mol. The van der Waals surface area contributed by atoms with Crippen LogP contribution in [0.25, 0.3) is 10.6 Å². The van der Waals surface area contributed by atoms with Gasteiger partial charge in [0.25, 0.3) is 5.91 Å². The van der Waals surface area contributed by atoms with E-state index < -0.39 is 5.97 Å². The van der Waals surface area contributed by atoms with Crippen LogP contribution in [0.5, 0.6) is 0 Å². The van der Waals surface area contributed by atoms with E-state index >= 15 is 0 Å². The third kappa shape index (κ3) is 4.33. The molecule has 24 heavy (non-hydrogen) atoms. The second kappa shape index (κ2) is 7.32. The molecule has 1 fully saturated rings. The SMILES string of the molecule is C[C@H](NC(=O)COC(=O)c1csc(-c2cccc(Cl)c2)n1)C1CC1. The molecule has 2 aromatic rings. The summed E-state index contributed by atoms with van der Waals surface area (Å²) in [6.07, 6.45) is 2.29. The Kier molecular flexibility index (Phi) is 5.16. The standard InChI is InChI=1S/C17H17ClN2O3S/c1-10(11-5-6-11)19-15(21)8-23-17(22)14-9-24-16(20-14)12-3-2-4-13(18)7-12/h2-4,7,9-11H,5-6,8H2,1H3,(H,19,21)/t10-/m0/s1. The molecule has 126 valence electrons. The lowest BCUT2D eigenvalue weighted by molar-refractivity contribution is -0.125. The van der Waals surface area contributed by atoms with Gasteiger partial charge < -0.3 is 10.1 Å². The molecule has 1 aromatic heterocycles. The number of carbonyl (C=O) groups excluding carboxylic acids is 2. The first-order valence-electron chi connectivity index (χ1n) is 7.71. The molecule has 1 saturated carbocycles. The van der Waals surface area contributed by atoms with Crippen molar-refractivity contribution in [3.63, 3.8) is 0 Å². The van der Waals surface area contributed by atoms with Crippen molar-refractivity contribution in [1.29, 1.82) is 0 Å². The third-order valence-electron chi connectivity index (χ3n) is 3.84. The zero-order valence-corrected chi connectivity index (χ0v) is 14.7. The summed E-state index contributed by atoms with van der Waals surface area (Å²) in [4.78, 5) is 28.0. The third-order valence-corrected chi connectivity index (χ3v) is 4.96. The molecule has 0 aliphatic heterocycles. The molecule has 7 heteroatoms. The zero-order valence-electron chi connectivity index (χ0n) is 13.1. The first kappa shape index (κ1) is 16.9. The van der Waals surface area contributed by atoms with E-state index in [1.165, 1.54) is 11.3 Å². The fourth-order valence-electron chi connectivity index (χ4n) is 2.34. The topological polar surface area (TPSA) is 68.3 Å². The average Bonchev–Trinajstić information content (AvgIpc) is 3.29.